The Bertz CT molecular complexity index is 467. The van der Waals surface area contributed by atoms with Crippen molar-refractivity contribution in [2.24, 2.45) is 0 Å². The van der Waals surface area contributed by atoms with Gasteiger partial charge in [-0.3, -0.25) is 9.36 Å². The largest absolute Gasteiger partial charge is 0.465 e. The molecule has 0 saturated heterocycles. The summed E-state index contributed by atoms with van der Waals surface area (Å²) in [5.41, 5.74) is 0.695. The van der Waals surface area contributed by atoms with Crippen molar-refractivity contribution in [3.63, 3.8) is 0 Å². The summed E-state index contributed by atoms with van der Waals surface area (Å²) >= 11 is 0. The summed E-state index contributed by atoms with van der Waals surface area (Å²) in [6.45, 7) is 3.29. The summed E-state index contributed by atoms with van der Waals surface area (Å²) in [5, 5.41) is -1.80. The van der Waals surface area contributed by atoms with E-state index in [1.807, 2.05) is 0 Å². The first kappa shape index (κ1) is 15.9. The van der Waals surface area contributed by atoms with Gasteiger partial charge in [-0.15, -0.1) is 0 Å². The Morgan fingerprint density at radius 2 is 1.84 bits per heavy atom. The molecule has 1 aromatic carbocycles. The molecule has 0 saturated carbocycles. The van der Waals surface area contributed by atoms with E-state index in [9.17, 15) is 19.1 Å². The predicted molar refractivity (Wildman–Crippen MR) is 71.8 cm³/mol. The first-order valence-corrected chi connectivity index (χ1v) is 7.75. The third-order valence-electron chi connectivity index (χ3n) is 3.14. The van der Waals surface area contributed by atoms with E-state index in [1.54, 1.807) is 44.2 Å². The summed E-state index contributed by atoms with van der Waals surface area (Å²) in [6.07, 6.45) is -0.0154. The van der Waals surface area contributed by atoms with Crippen molar-refractivity contribution in [3.05, 3.63) is 35.9 Å². The van der Waals surface area contributed by atoms with Gasteiger partial charge in [0, 0.05) is 6.42 Å². The van der Waals surface area contributed by atoms with Crippen LogP contribution in [0.3, 0.4) is 0 Å². The minimum absolute atomic E-state index is 0.0189. The highest BCUT2D eigenvalue weighted by Gasteiger charge is 2.53. The van der Waals surface area contributed by atoms with Crippen LogP contribution in [0, 0.1) is 0 Å². The summed E-state index contributed by atoms with van der Waals surface area (Å²) in [5.74, 6) is -0.838. The molecule has 0 amide bonds. The summed E-state index contributed by atoms with van der Waals surface area (Å²) < 4.78 is 16.7. The van der Waals surface area contributed by atoms with E-state index in [2.05, 4.69) is 0 Å². The molecule has 0 aromatic heterocycles. The Morgan fingerprint density at radius 1 is 1.26 bits per heavy atom. The van der Waals surface area contributed by atoms with E-state index < -0.39 is 18.7 Å². The number of carbonyl (C=O) groups is 1. The fraction of sp³-hybridized carbons (Fsp3) is 0.462. The molecule has 0 fully saturated rings. The zero-order valence-corrected chi connectivity index (χ0v) is 12.0. The van der Waals surface area contributed by atoms with Gasteiger partial charge in [-0.25, -0.2) is 0 Å². The fourth-order valence-electron chi connectivity index (χ4n) is 1.97. The second-order valence-electron chi connectivity index (χ2n) is 4.31. The van der Waals surface area contributed by atoms with Crippen molar-refractivity contribution in [2.45, 2.75) is 31.8 Å². The van der Waals surface area contributed by atoms with Crippen LogP contribution in [0.25, 0.3) is 0 Å². The second-order valence-corrected chi connectivity index (χ2v) is 6.26. The molecule has 0 heterocycles. The first-order valence-electron chi connectivity index (χ1n) is 6.14. The molecule has 1 rings (SSSR count). The summed E-state index contributed by atoms with van der Waals surface area (Å²) in [6, 6.07) is 8.80. The van der Waals surface area contributed by atoms with Gasteiger partial charge >= 0.3 is 13.6 Å². The molecule has 6 heteroatoms. The first-order chi connectivity index (χ1) is 8.87. The van der Waals surface area contributed by atoms with Crippen molar-refractivity contribution >= 4 is 13.6 Å². The van der Waals surface area contributed by atoms with Crippen molar-refractivity contribution in [1.29, 1.82) is 0 Å². The number of rotatable bonds is 6. The van der Waals surface area contributed by atoms with Crippen molar-refractivity contribution < 1.29 is 23.9 Å². The predicted octanol–water partition coefficient (Wildman–Crippen LogP) is 2.12. The number of hydrogen-bond donors (Lipinski definition) is 2. The number of benzene rings is 1. The van der Waals surface area contributed by atoms with Gasteiger partial charge in [0.15, 0.2) is 5.16 Å². The van der Waals surface area contributed by atoms with E-state index in [-0.39, 0.29) is 19.4 Å². The van der Waals surface area contributed by atoms with E-state index in [4.69, 9.17) is 4.74 Å². The van der Waals surface area contributed by atoms with Crippen LogP contribution in [0.5, 0.6) is 0 Å². The molecular weight excluding hydrogens is 267 g/mol. The molecule has 1 aromatic rings. The lowest BCUT2D eigenvalue weighted by Gasteiger charge is -2.30. The maximum Gasteiger partial charge on any atom is 0.343 e. The summed E-state index contributed by atoms with van der Waals surface area (Å²) in [4.78, 5) is 31.2. The molecule has 0 bridgehead atoms. The maximum absolute atomic E-state index is 12.0. The standard InChI is InChI=1S/C13H19O5P/c1-3-13(19(15,16)17,12(14)18-4-2)10-11-8-6-5-7-9-11/h5-9H,3-4,10H2,1-2H3,(H2,15,16,17). The maximum atomic E-state index is 12.0. The Balaban J connectivity index is 3.18. The van der Waals surface area contributed by atoms with Gasteiger partial charge in [-0.05, 0) is 18.9 Å². The van der Waals surface area contributed by atoms with Crippen LogP contribution >= 0.6 is 7.60 Å². The van der Waals surface area contributed by atoms with Crippen LogP contribution in [0.1, 0.15) is 25.8 Å². The third kappa shape index (κ3) is 3.44. The molecule has 1 atom stereocenters. The molecule has 0 radical (unpaired) electrons. The summed E-state index contributed by atoms with van der Waals surface area (Å²) in [7, 11) is -4.63. The average Bonchev–Trinajstić information content (AvgIpc) is 2.36. The molecule has 0 aliphatic heterocycles. The van der Waals surface area contributed by atoms with Crippen LogP contribution in [-0.4, -0.2) is 27.5 Å². The molecule has 0 aliphatic carbocycles. The molecule has 0 aliphatic rings. The van der Waals surface area contributed by atoms with Crippen LogP contribution in [0.2, 0.25) is 0 Å². The number of hydrogen-bond acceptors (Lipinski definition) is 3. The molecule has 2 N–H and O–H groups in total. The van der Waals surface area contributed by atoms with Crippen molar-refractivity contribution in [3.8, 4) is 0 Å². The fourth-order valence-corrected chi connectivity index (χ4v) is 3.07. The molecule has 19 heavy (non-hydrogen) atoms. The molecule has 0 spiro atoms. The monoisotopic (exact) mass is 286 g/mol. The number of carbonyl (C=O) groups excluding carboxylic acids is 1. The molecular formula is C13H19O5P. The topological polar surface area (TPSA) is 83.8 Å². The Labute approximate surface area is 112 Å². The zero-order chi connectivity index (χ0) is 14.5. The van der Waals surface area contributed by atoms with Crippen LogP contribution < -0.4 is 0 Å². The van der Waals surface area contributed by atoms with Gasteiger partial charge in [0.1, 0.15) is 0 Å². The van der Waals surface area contributed by atoms with Crippen LogP contribution in [0.4, 0.5) is 0 Å². The highest BCUT2D eigenvalue weighted by Crippen LogP contribution is 2.54. The van der Waals surface area contributed by atoms with E-state index in [0.717, 1.165) is 0 Å². The van der Waals surface area contributed by atoms with Gasteiger partial charge in [-0.1, -0.05) is 37.3 Å². The second kappa shape index (κ2) is 6.33. The van der Waals surface area contributed by atoms with Gasteiger partial charge in [0.2, 0.25) is 0 Å². The van der Waals surface area contributed by atoms with E-state index >= 15 is 0 Å². The lowest BCUT2D eigenvalue weighted by Crippen LogP contribution is -2.41. The minimum atomic E-state index is -4.63. The van der Waals surface area contributed by atoms with Gasteiger partial charge in [-0.2, -0.15) is 0 Å². The molecule has 1 unspecified atom stereocenters. The SMILES string of the molecule is CCOC(=O)C(CC)(Cc1ccccc1)P(=O)(O)O. The van der Waals surface area contributed by atoms with Crippen LogP contribution in [0.15, 0.2) is 30.3 Å². The molecule has 5 nitrogen and oxygen atoms in total. The quantitative estimate of drug-likeness (QED) is 0.618. The Hall–Kier alpha value is -1.16. The van der Waals surface area contributed by atoms with Gasteiger partial charge < -0.3 is 14.5 Å². The normalized spacial score (nSPS) is 14.7. The number of ether oxygens (including phenoxy) is 1. The lowest BCUT2D eigenvalue weighted by atomic mass is 9.96. The lowest BCUT2D eigenvalue weighted by molar-refractivity contribution is -0.147. The number of esters is 1. The van der Waals surface area contributed by atoms with Gasteiger partial charge in [0.05, 0.1) is 6.61 Å². The van der Waals surface area contributed by atoms with Gasteiger partial charge in [0.25, 0.3) is 0 Å². The van der Waals surface area contributed by atoms with Crippen molar-refractivity contribution in [2.75, 3.05) is 6.61 Å². The third-order valence-corrected chi connectivity index (χ3v) is 4.91. The van der Waals surface area contributed by atoms with Crippen molar-refractivity contribution in [1.82, 2.24) is 0 Å². The highest BCUT2D eigenvalue weighted by atomic mass is 31.2. The Morgan fingerprint density at radius 3 is 2.26 bits per heavy atom. The van der Waals surface area contributed by atoms with E-state index in [1.165, 1.54) is 0 Å². The average molecular weight is 286 g/mol. The smallest absolute Gasteiger partial charge is 0.343 e. The Kier molecular flexibility index (Phi) is 5.29. The minimum Gasteiger partial charge on any atom is -0.465 e. The van der Waals surface area contributed by atoms with E-state index in [0.29, 0.717) is 5.56 Å². The molecule has 106 valence electrons. The highest BCUT2D eigenvalue weighted by molar-refractivity contribution is 7.54. The van der Waals surface area contributed by atoms with Crippen LogP contribution in [-0.2, 0) is 20.5 Å². The zero-order valence-electron chi connectivity index (χ0n) is 11.1.